The third-order valence-corrected chi connectivity index (χ3v) is 5.01. The summed E-state index contributed by atoms with van der Waals surface area (Å²) in [6.07, 6.45) is 0.636. The summed E-state index contributed by atoms with van der Waals surface area (Å²) < 4.78 is 9.36. The first-order valence-corrected chi connectivity index (χ1v) is 8.24. The summed E-state index contributed by atoms with van der Waals surface area (Å²) in [5.74, 6) is 0. The average Bonchev–Trinajstić information content (AvgIpc) is 3.18. The van der Waals surface area contributed by atoms with Gasteiger partial charge in [-0.25, -0.2) is 0 Å². The molecule has 3 heterocycles. The SMILES string of the molecule is ONONONOCC1O[C@@H](n2ccc3ccsc3c2=S)C[C@H]1O. The molecule has 0 spiro atoms. The van der Waals surface area contributed by atoms with Crippen LogP contribution in [0, 0.1) is 4.64 Å². The highest BCUT2D eigenvalue weighted by Crippen LogP contribution is 2.31. The van der Waals surface area contributed by atoms with Gasteiger partial charge in [0.2, 0.25) is 0 Å². The molecular weight excluding hydrogens is 360 g/mol. The Morgan fingerprint density at radius 3 is 3.08 bits per heavy atom. The van der Waals surface area contributed by atoms with E-state index in [9.17, 15) is 5.11 Å². The molecule has 2 aromatic heterocycles. The van der Waals surface area contributed by atoms with Crippen molar-refractivity contribution >= 4 is 33.6 Å². The van der Waals surface area contributed by atoms with Crippen LogP contribution in [0.15, 0.2) is 23.7 Å². The summed E-state index contributed by atoms with van der Waals surface area (Å²) >= 11 is 7.08. The fraction of sp³-hybridized carbons (Fsp3) is 0.417. The minimum absolute atomic E-state index is 0.0282. The van der Waals surface area contributed by atoms with Gasteiger partial charge in [0, 0.05) is 12.6 Å². The molecule has 1 aliphatic rings. The number of rotatable bonds is 8. The molecule has 5 N–H and O–H groups in total. The molecular formula is C12H16N4O6S2. The van der Waals surface area contributed by atoms with E-state index in [-0.39, 0.29) is 12.8 Å². The third-order valence-electron chi connectivity index (χ3n) is 3.53. The molecule has 24 heavy (non-hydrogen) atoms. The smallest absolute Gasteiger partial charge is 0.137 e. The van der Waals surface area contributed by atoms with Crippen LogP contribution in [0.4, 0.5) is 0 Å². The van der Waals surface area contributed by atoms with Crippen LogP contribution in [0.2, 0.25) is 0 Å². The van der Waals surface area contributed by atoms with Crippen molar-refractivity contribution in [2.75, 3.05) is 6.61 Å². The summed E-state index contributed by atoms with van der Waals surface area (Å²) in [6.45, 7) is 0.0282. The Morgan fingerprint density at radius 1 is 1.38 bits per heavy atom. The Labute approximate surface area is 145 Å². The van der Waals surface area contributed by atoms with Crippen molar-refractivity contribution in [3.05, 3.63) is 28.4 Å². The predicted octanol–water partition coefficient (Wildman–Crippen LogP) is 0.863. The topological polar surface area (TPSA) is 118 Å². The number of hydrogen-bond donors (Lipinski definition) is 5. The van der Waals surface area contributed by atoms with E-state index in [0.29, 0.717) is 11.1 Å². The quantitative estimate of drug-likeness (QED) is 0.258. The molecule has 10 nitrogen and oxygen atoms in total. The second-order valence-corrected chi connectivity index (χ2v) is 6.24. The number of aliphatic hydroxyl groups excluding tert-OH is 1. The lowest BCUT2D eigenvalue weighted by Gasteiger charge is -2.17. The van der Waals surface area contributed by atoms with E-state index in [1.54, 1.807) is 11.3 Å². The maximum atomic E-state index is 10.1. The van der Waals surface area contributed by atoms with Crippen molar-refractivity contribution in [2.24, 2.45) is 0 Å². The van der Waals surface area contributed by atoms with Crippen LogP contribution in [0.5, 0.6) is 0 Å². The average molecular weight is 376 g/mol. The van der Waals surface area contributed by atoms with Crippen molar-refractivity contribution in [2.45, 2.75) is 24.9 Å². The Morgan fingerprint density at radius 2 is 2.25 bits per heavy atom. The van der Waals surface area contributed by atoms with E-state index in [2.05, 4.69) is 15.5 Å². The van der Waals surface area contributed by atoms with Crippen LogP contribution < -0.4 is 16.9 Å². The molecule has 0 aliphatic carbocycles. The molecule has 0 bridgehead atoms. The number of thiophene rings is 1. The monoisotopic (exact) mass is 376 g/mol. The number of nitrogens with zero attached hydrogens (tertiary/aromatic N) is 1. The Balaban J connectivity index is 1.56. The largest absolute Gasteiger partial charge is 0.390 e. The summed E-state index contributed by atoms with van der Waals surface area (Å²) in [7, 11) is 0. The standard InChI is InChI=1S/C12H16N4O6S2/c17-8-5-10(20-9(8)6-19-14-22-15-21-13-18)16-3-1-7-2-4-24-11(7)12(16)23/h1-4,8-10,13-15,17-18H,5-6H2/t8-,9?,10-/m1/s1. The van der Waals surface area contributed by atoms with E-state index in [1.807, 2.05) is 33.9 Å². The van der Waals surface area contributed by atoms with Crippen LogP contribution in [0.25, 0.3) is 10.1 Å². The molecule has 1 saturated heterocycles. The zero-order valence-electron chi connectivity index (χ0n) is 12.2. The van der Waals surface area contributed by atoms with Crippen LogP contribution >= 0.6 is 23.6 Å². The van der Waals surface area contributed by atoms with Gasteiger partial charge in [-0.05, 0) is 28.5 Å². The molecule has 2 aromatic rings. The van der Waals surface area contributed by atoms with Crippen LogP contribution in [-0.2, 0) is 19.5 Å². The van der Waals surface area contributed by atoms with Gasteiger partial charge in [-0.3, -0.25) is 10.0 Å². The maximum absolute atomic E-state index is 10.1. The highest BCUT2D eigenvalue weighted by molar-refractivity contribution is 7.71. The zero-order valence-corrected chi connectivity index (χ0v) is 13.9. The Kier molecular flexibility index (Phi) is 6.20. The van der Waals surface area contributed by atoms with E-state index in [4.69, 9.17) is 27.0 Å². The number of aromatic nitrogens is 1. The molecule has 0 saturated carbocycles. The van der Waals surface area contributed by atoms with E-state index in [1.165, 1.54) is 5.64 Å². The van der Waals surface area contributed by atoms with Crippen molar-refractivity contribution in [3.8, 4) is 0 Å². The first kappa shape index (κ1) is 17.8. The van der Waals surface area contributed by atoms with Crippen molar-refractivity contribution in [1.29, 1.82) is 0 Å². The van der Waals surface area contributed by atoms with E-state index < -0.39 is 12.2 Å². The summed E-state index contributed by atoms with van der Waals surface area (Å²) in [5, 5.41) is 21.3. The van der Waals surface area contributed by atoms with Crippen molar-refractivity contribution in [1.82, 2.24) is 21.5 Å². The molecule has 3 atom stereocenters. The number of nitrogens with one attached hydrogen (secondary N) is 3. The van der Waals surface area contributed by atoms with E-state index in [0.717, 1.165) is 10.1 Å². The number of fused-ring (bicyclic) bond motifs is 1. The van der Waals surface area contributed by atoms with Gasteiger partial charge in [-0.2, -0.15) is 9.88 Å². The number of hydrogen-bond acceptors (Lipinski definition) is 11. The lowest BCUT2D eigenvalue weighted by atomic mass is 10.2. The summed E-state index contributed by atoms with van der Waals surface area (Å²) in [4.78, 5) is 13.4. The van der Waals surface area contributed by atoms with Crippen molar-refractivity contribution < 1.29 is 29.8 Å². The maximum Gasteiger partial charge on any atom is 0.137 e. The summed E-state index contributed by atoms with van der Waals surface area (Å²) in [6, 6.07) is 3.98. The highest BCUT2D eigenvalue weighted by Gasteiger charge is 2.35. The van der Waals surface area contributed by atoms with Crippen LogP contribution in [-0.4, -0.2) is 33.7 Å². The first-order valence-electron chi connectivity index (χ1n) is 6.95. The van der Waals surface area contributed by atoms with Gasteiger partial charge in [-0.1, -0.05) is 23.5 Å². The number of pyridine rings is 1. The van der Waals surface area contributed by atoms with Gasteiger partial charge in [0.15, 0.2) is 0 Å². The van der Waals surface area contributed by atoms with Gasteiger partial charge in [0.1, 0.15) is 17.0 Å². The molecule has 132 valence electrons. The van der Waals surface area contributed by atoms with Crippen molar-refractivity contribution in [3.63, 3.8) is 0 Å². The molecule has 0 aromatic carbocycles. The minimum Gasteiger partial charge on any atom is -0.390 e. The second-order valence-electron chi connectivity index (χ2n) is 4.94. The lowest BCUT2D eigenvalue weighted by molar-refractivity contribution is -0.339. The lowest BCUT2D eigenvalue weighted by Crippen LogP contribution is -2.34. The Bertz CT molecular complexity index is 725. The minimum atomic E-state index is -0.707. The fourth-order valence-electron chi connectivity index (χ4n) is 2.43. The Hall–Kier alpha value is -1.03. The zero-order chi connectivity index (χ0) is 16.9. The van der Waals surface area contributed by atoms with Gasteiger partial charge in [-0.15, -0.1) is 11.3 Å². The van der Waals surface area contributed by atoms with Gasteiger partial charge in [0.25, 0.3) is 0 Å². The van der Waals surface area contributed by atoms with Gasteiger partial charge in [0.05, 0.1) is 17.4 Å². The molecule has 3 rings (SSSR count). The highest BCUT2D eigenvalue weighted by atomic mass is 32.1. The molecule has 0 radical (unpaired) electrons. The molecule has 1 aliphatic heterocycles. The molecule has 0 amide bonds. The van der Waals surface area contributed by atoms with Gasteiger partial charge >= 0.3 is 0 Å². The molecule has 1 unspecified atom stereocenters. The third kappa shape index (κ3) is 3.96. The summed E-state index contributed by atoms with van der Waals surface area (Å²) in [5.41, 5.74) is 5.20. The predicted molar refractivity (Wildman–Crippen MR) is 84.5 cm³/mol. The first-order chi connectivity index (χ1) is 11.7. The second kappa shape index (κ2) is 8.37. The number of aliphatic hydroxyl groups is 1. The van der Waals surface area contributed by atoms with E-state index >= 15 is 0 Å². The molecule has 12 heteroatoms. The van der Waals surface area contributed by atoms with Gasteiger partial charge < -0.3 is 14.4 Å². The molecule has 1 fully saturated rings. The fourth-order valence-corrected chi connectivity index (χ4v) is 3.70. The van der Waals surface area contributed by atoms with Crippen LogP contribution in [0.1, 0.15) is 12.6 Å². The number of ether oxygens (including phenoxy) is 1. The normalized spacial score (nSPS) is 24.0. The van der Waals surface area contributed by atoms with Crippen LogP contribution in [0.3, 0.4) is 0 Å².